The maximum atomic E-state index is 13.0. The average molecular weight is 1180 g/mol. The number of nitrogens with zero attached hydrogens (tertiary/aromatic N) is 5. The first-order chi connectivity index (χ1) is 35.4. The average Bonchev–Trinajstić information content (AvgIpc) is 3.42. The number of rotatable bonds is 14. The third-order valence-corrected chi connectivity index (χ3v) is 15.8. The zero-order valence-corrected chi connectivity index (χ0v) is 48.0. The summed E-state index contributed by atoms with van der Waals surface area (Å²) in [6, 6.07) is 13.4. The Morgan fingerprint density at radius 2 is 1.07 bits per heavy atom. The Morgan fingerprint density at radius 1 is 0.662 bits per heavy atom. The zero-order valence-electron chi connectivity index (χ0n) is 43.9. The highest BCUT2D eigenvalue weighted by Gasteiger charge is 2.20. The minimum Gasteiger partial charge on any atom is -0.465 e. The molecular weight excluding hydrogens is 1110 g/mol. The summed E-state index contributed by atoms with van der Waals surface area (Å²) in [5.74, 6) is -1.63. The maximum absolute atomic E-state index is 13.0. The molecule has 4 amide bonds. The number of piperidine rings is 2. The number of benzene rings is 2. The molecule has 2 aromatic heterocycles. The normalized spacial score (nSPS) is 13.9. The van der Waals surface area contributed by atoms with Crippen molar-refractivity contribution in [2.45, 2.75) is 124 Å². The van der Waals surface area contributed by atoms with E-state index in [-0.39, 0.29) is 50.9 Å². The first-order valence-corrected chi connectivity index (χ1v) is 28.8. The van der Waals surface area contributed by atoms with Crippen LogP contribution in [0.4, 0.5) is 18.4 Å². The van der Waals surface area contributed by atoms with Gasteiger partial charge in [-0.1, -0.05) is 74.5 Å². The number of aliphatic hydroxyl groups excluding tert-OH is 1. The van der Waals surface area contributed by atoms with Crippen molar-refractivity contribution in [2.75, 3.05) is 58.9 Å². The van der Waals surface area contributed by atoms with Crippen molar-refractivity contribution >= 4 is 63.8 Å². The van der Waals surface area contributed by atoms with Gasteiger partial charge in [0.05, 0.1) is 46.4 Å². The van der Waals surface area contributed by atoms with Crippen LogP contribution < -0.4 is 11.1 Å². The Kier molecular flexibility index (Phi) is 32.5. The van der Waals surface area contributed by atoms with E-state index in [0.29, 0.717) is 18.0 Å². The van der Waals surface area contributed by atoms with Crippen LogP contribution in [0.15, 0.2) is 102 Å². The minimum absolute atomic E-state index is 0.262. The van der Waals surface area contributed by atoms with E-state index in [4.69, 9.17) is 5.11 Å². The monoisotopic (exact) mass is 1180 g/mol. The molecule has 2 atom stereocenters. The van der Waals surface area contributed by atoms with Crippen molar-refractivity contribution in [3.8, 4) is 0 Å². The van der Waals surface area contributed by atoms with Crippen molar-refractivity contribution in [1.82, 2.24) is 19.4 Å². The number of nitrogens with one attached hydrogen (secondary N) is 1. The number of ether oxygens (including phenoxy) is 2. The minimum atomic E-state index is -0.532. The Labute approximate surface area is 452 Å². The number of carbonyl (C=O) groups excluding carboxylic acids is 4. The molecule has 0 bridgehead atoms. The fraction of sp³-hybridized carbons (Fsp3) is 0.519. The van der Waals surface area contributed by atoms with Crippen LogP contribution in [-0.4, -0.2) is 107 Å². The number of amides is 4. The smallest absolute Gasteiger partial charge is 0.362 e. The van der Waals surface area contributed by atoms with Crippen LogP contribution in [0.5, 0.6) is 0 Å². The van der Waals surface area contributed by atoms with E-state index in [9.17, 15) is 37.5 Å². The number of pyridine rings is 2. The zero-order chi connectivity index (χ0) is 55.0. The van der Waals surface area contributed by atoms with Gasteiger partial charge >= 0.3 is 24.0 Å². The molecule has 2 aliphatic heterocycles. The summed E-state index contributed by atoms with van der Waals surface area (Å²) in [6.07, 6.45) is 21.8. The van der Waals surface area contributed by atoms with E-state index < -0.39 is 18.0 Å². The Balaban J connectivity index is 0.000000325. The Morgan fingerprint density at radius 3 is 1.46 bits per heavy atom. The van der Waals surface area contributed by atoms with Gasteiger partial charge in [-0.3, -0.25) is 9.59 Å². The van der Waals surface area contributed by atoms with Gasteiger partial charge in [-0.05, 0) is 170 Å². The number of methoxy groups -OCH3 is 2. The number of hydrogen-bond donors (Lipinski definition) is 2. The van der Waals surface area contributed by atoms with Crippen molar-refractivity contribution in [2.24, 2.45) is 10.2 Å². The van der Waals surface area contributed by atoms with Gasteiger partial charge in [-0.25, -0.2) is 28.0 Å². The standard InChI is InChI=1S/C15H13BrFNO3.C12H20N4O2.C12H27P.C8H9FO.C7H6BrNO3/c1-9(10-3-5-12(17)6-4-10)18-8-11(15(20)21-2)7-13(16)14(18)19;17-11(15-7-3-1-4-8-15)13-14-12(18)16-9-5-2-6-10-16;1-4-7-10-13(11-8-5-2)12-9-6-3;1-6(10)7-2-4-8(9)5-3-7;1-12-7(11)4-2-5(8)6(10)9-3-4/h3-9H,1-2H3;1-10H2;4-12H2,1-3H3;2-6,10H,1H3;2-3H,1H3,(H,9,10). The van der Waals surface area contributed by atoms with Gasteiger partial charge in [0.15, 0.2) is 0 Å². The van der Waals surface area contributed by atoms with Gasteiger partial charge < -0.3 is 33.9 Å². The molecule has 20 heteroatoms. The first-order valence-electron chi connectivity index (χ1n) is 25.3. The van der Waals surface area contributed by atoms with E-state index >= 15 is 0 Å². The number of azo groups is 1. The predicted molar refractivity (Wildman–Crippen MR) is 296 cm³/mol. The number of esters is 2. The molecule has 2 aromatic carbocycles. The van der Waals surface area contributed by atoms with E-state index in [0.717, 1.165) is 75.8 Å². The van der Waals surface area contributed by atoms with Gasteiger partial charge in [0, 0.05) is 38.6 Å². The first kappa shape index (κ1) is 65.1. The molecule has 0 spiro atoms. The number of aromatic nitrogens is 2. The number of H-pyrrole nitrogens is 1. The molecule has 408 valence electrons. The summed E-state index contributed by atoms with van der Waals surface area (Å²) in [7, 11) is 2.97. The molecule has 0 saturated carbocycles. The van der Waals surface area contributed by atoms with Crippen molar-refractivity contribution < 1.29 is 42.5 Å². The second kappa shape index (κ2) is 36.9. The van der Waals surface area contributed by atoms with Crippen LogP contribution in [0.1, 0.15) is 156 Å². The van der Waals surface area contributed by atoms with Crippen LogP contribution in [0.2, 0.25) is 0 Å². The molecule has 0 aliphatic carbocycles. The highest BCUT2D eigenvalue weighted by atomic mass is 79.9. The summed E-state index contributed by atoms with van der Waals surface area (Å²) in [5, 5.41) is 16.1. The lowest BCUT2D eigenvalue weighted by atomic mass is 10.1. The Hall–Kier alpha value is -4.97. The fourth-order valence-electron chi connectivity index (χ4n) is 7.28. The highest BCUT2D eigenvalue weighted by Crippen LogP contribution is 2.38. The highest BCUT2D eigenvalue weighted by molar-refractivity contribution is 9.10. The topological polar surface area (TPSA) is 193 Å². The quantitative estimate of drug-likeness (QED) is 0.0702. The molecule has 74 heavy (non-hydrogen) atoms. The molecule has 2 aliphatic rings. The second-order valence-corrected chi connectivity index (χ2v) is 21.9. The molecule has 2 saturated heterocycles. The third-order valence-electron chi connectivity index (χ3n) is 11.8. The van der Waals surface area contributed by atoms with E-state index in [1.165, 1.54) is 106 Å². The van der Waals surface area contributed by atoms with Crippen LogP contribution in [0.25, 0.3) is 0 Å². The summed E-state index contributed by atoms with van der Waals surface area (Å²) in [4.78, 5) is 74.6. The third kappa shape index (κ3) is 24.6. The van der Waals surface area contributed by atoms with Gasteiger partial charge in [0.1, 0.15) is 11.6 Å². The number of unbranched alkanes of at least 4 members (excludes halogenated alkanes) is 3. The number of aliphatic hydroxyl groups is 1. The predicted octanol–water partition coefficient (Wildman–Crippen LogP) is 13.5. The summed E-state index contributed by atoms with van der Waals surface area (Å²) in [5.41, 5.74) is 1.51. The molecule has 2 unspecified atom stereocenters. The van der Waals surface area contributed by atoms with Crippen LogP contribution in [0, 0.1) is 11.6 Å². The Bertz CT molecular complexity index is 2400. The number of hydrogen-bond acceptors (Lipinski definition) is 9. The van der Waals surface area contributed by atoms with Crippen molar-refractivity contribution in [3.63, 3.8) is 0 Å². The maximum Gasteiger partial charge on any atom is 0.362 e. The van der Waals surface area contributed by atoms with Crippen LogP contribution in [0.3, 0.4) is 0 Å². The number of aromatic amines is 1. The molecule has 4 aromatic rings. The van der Waals surface area contributed by atoms with E-state index in [2.05, 4.69) is 77.3 Å². The molecule has 4 heterocycles. The van der Waals surface area contributed by atoms with E-state index in [1.54, 1.807) is 66.4 Å². The summed E-state index contributed by atoms with van der Waals surface area (Å²) in [6.45, 7) is 13.3. The van der Waals surface area contributed by atoms with E-state index in [1.807, 2.05) is 0 Å². The van der Waals surface area contributed by atoms with Gasteiger partial charge in [-0.15, -0.1) is 7.92 Å². The SMILES string of the molecule is CC(O)c1ccc(F)cc1.CCCCP(CCCC)CCCC.COC(=O)c1c[nH]c(=O)c(Br)c1.COC(=O)c1cc(Br)c(=O)n(C(C)c2ccc(F)cc2)c1.O=C(N=NC(=O)N1CCCCC1)N1CCCCC1. The largest absolute Gasteiger partial charge is 0.465 e. The number of likely N-dealkylation sites (tertiary alicyclic amines) is 2. The second-order valence-electron chi connectivity index (χ2n) is 17.6. The lowest BCUT2D eigenvalue weighted by molar-refractivity contribution is 0.0591. The van der Waals surface area contributed by atoms with Gasteiger partial charge in [0.25, 0.3) is 11.1 Å². The lowest BCUT2D eigenvalue weighted by Crippen LogP contribution is -2.35. The fourth-order valence-corrected chi connectivity index (χ4v) is 11.1. The van der Waals surface area contributed by atoms with Gasteiger partial charge in [0.2, 0.25) is 0 Å². The van der Waals surface area contributed by atoms with Crippen molar-refractivity contribution in [3.05, 3.63) is 137 Å². The summed E-state index contributed by atoms with van der Waals surface area (Å²) >= 11 is 6.14. The molecule has 6 rings (SSSR count). The lowest BCUT2D eigenvalue weighted by Gasteiger charge is -2.25. The number of carbonyl (C=O) groups is 4. The molecule has 2 fully saturated rings. The number of urea groups is 2. The van der Waals surface area contributed by atoms with Crippen LogP contribution >= 0.6 is 39.8 Å². The number of halogens is 4. The van der Waals surface area contributed by atoms with Crippen LogP contribution in [-0.2, 0) is 9.47 Å². The summed E-state index contributed by atoms with van der Waals surface area (Å²) < 4.78 is 36.3. The van der Waals surface area contributed by atoms with Crippen molar-refractivity contribution in [1.29, 1.82) is 0 Å². The molecule has 15 nitrogen and oxygen atoms in total. The molecule has 2 N–H and O–H groups in total. The molecular formula is C54H75Br2F2N6O9P. The molecule has 0 radical (unpaired) electrons. The van der Waals surface area contributed by atoms with Gasteiger partial charge in [-0.2, -0.15) is 0 Å².